The Morgan fingerprint density at radius 1 is 1.09 bits per heavy atom. The summed E-state index contributed by atoms with van der Waals surface area (Å²) in [6.07, 6.45) is -0.972. The van der Waals surface area contributed by atoms with Gasteiger partial charge in [0.05, 0.1) is 31.9 Å². The first-order chi connectivity index (χ1) is 16.0. The van der Waals surface area contributed by atoms with Crippen LogP contribution in [0, 0.1) is 6.92 Å². The first-order valence-electron chi connectivity index (χ1n) is 11.0. The molecule has 1 atom stereocenters. The van der Waals surface area contributed by atoms with Crippen molar-refractivity contribution in [3.8, 4) is 5.75 Å². The van der Waals surface area contributed by atoms with E-state index in [9.17, 15) is 18.3 Å². The van der Waals surface area contributed by atoms with Crippen LogP contribution in [-0.2, 0) is 12.6 Å². The second-order valence-corrected chi connectivity index (χ2v) is 9.00. The number of alkyl halides is 3. The number of aromatic nitrogens is 1. The monoisotopic (exact) mass is 475 g/mol. The molecule has 3 rings (SSSR count). The lowest BCUT2D eigenvalue weighted by molar-refractivity contribution is -0.893. The molecule has 0 saturated heterocycles. The molecule has 0 aliphatic carbocycles. The van der Waals surface area contributed by atoms with E-state index in [1.807, 2.05) is 57.4 Å². The number of quaternary nitrogens is 1. The van der Waals surface area contributed by atoms with Gasteiger partial charge in [-0.05, 0) is 36.8 Å². The number of aliphatic hydroxyl groups excluding tert-OH is 1. The Hall–Kier alpha value is -3.10. The number of aliphatic hydroxyl groups is 1. The number of halogens is 3. The summed E-state index contributed by atoms with van der Waals surface area (Å²) < 4.78 is 50.3. The number of hydrogen-bond acceptors (Lipinski definition) is 4. The molecule has 2 aromatic carbocycles. The number of nitrogens with zero attached hydrogens (tertiary/aromatic N) is 2. The Morgan fingerprint density at radius 2 is 1.85 bits per heavy atom. The van der Waals surface area contributed by atoms with Crippen LogP contribution in [0.15, 0.2) is 59.1 Å². The lowest BCUT2D eigenvalue weighted by atomic mass is 10.1. The number of rotatable bonds is 10. The SMILES string of the molecule is Cc1cc(C=Cc2ccccc2OCC(O)C[N+](C)(C)CCc2cccc(C(F)(F)F)c2)on1. The highest BCUT2D eigenvalue weighted by molar-refractivity contribution is 5.70. The van der Waals surface area contributed by atoms with E-state index in [2.05, 4.69) is 5.16 Å². The molecule has 0 spiro atoms. The number of benzene rings is 2. The molecule has 1 heterocycles. The molecule has 182 valence electrons. The third-order valence-electron chi connectivity index (χ3n) is 5.39. The van der Waals surface area contributed by atoms with Crippen molar-refractivity contribution in [2.45, 2.75) is 25.6 Å². The minimum atomic E-state index is -4.35. The van der Waals surface area contributed by atoms with Gasteiger partial charge in [0.2, 0.25) is 0 Å². The standard InChI is InChI=1S/C26H30F3N2O3/c1-19-15-24(34-30-19)12-11-21-8-4-5-10-25(21)33-18-23(32)17-31(2,3)14-13-20-7-6-9-22(16-20)26(27,28)29/h4-12,15-16,23,32H,13-14,17-18H2,1-3H3/q+1. The summed E-state index contributed by atoms with van der Waals surface area (Å²) in [5, 5.41) is 14.4. The summed E-state index contributed by atoms with van der Waals surface area (Å²) in [5.41, 5.74) is 1.60. The van der Waals surface area contributed by atoms with Crippen LogP contribution >= 0.6 is 0 Å². The van der Waals surface area contributed by atoms with E-state index in [1.165, 1.54) is 12.1 Å². The van der Waals surface area contributed by atoms with E-state index in [1.54, 1.807) is 12.1 Å². The number of ether oxygens (including phenoxy) is 1. The molecule has 3 aromatic rings. The first-order valence-corrected chi connectivity index (χ1v) is 11.0. The lowest BCUT2D eigenvalue weighted by Gasteiger charge is -2.32. The van der Waals surface area contributed by atoms with Gasteiger partial charge in [-0.2, -0.15) is 13.2 Å². The van der Waals surface area contributed by atoms with Crippen molar-refractivity contribution in [3.05, 3.63) is 82.7 Å². The molecule has 5 nitrogen and oxygen atoms in total. The zero-order chi connectivity index (χ0) is 24.8. The molecule has 1 unspecified atom stereocenters. The highest BCUT2D eigenvalue weighted by Gasteiger charge is 2.30. The quantitative estimate of drug-likeness (QED) is 0.408. The maximum absolute atomic E-state index is 12.9. The molecule has 8 heteroatoms. The van der Waals surface area contributed by atoms with Gasteiger partial charge in [0, 0.05) is 18.1 Å². The normalized spacial score (nSPS) is 13.4. The molecule has 0 radical (unpaired) electrons. The molecule has 0 aliphatic rings. The van der Waals surface area contributed by atoms with Crippen molar-refractivity contribution in [1.82, 2.24) is 5.16 Å². The topological polar surface area (TPSA) is 55.5 Å². The van der Waals surface area contributed by atoms with Crippen LogP contribution in [0.25, 0.3) is 12.2 Å². The van der Waals surface area contributed by atoms with Gasteiger partial charge in [0.1, 0.15) is 25.0 Å². The van der Waals surface area contributed by atoms with Gasteiger partial charge in [0.25, 0.3) is 0 Å². The molecule has 1 N–H and O–H groups in total. The van der Waals surface area contributed by atoms with Crippen LogP contribution in [0.5, 0.6) is 5.75 Å². The number of hydrogen-bond donors (Lipinski definition) is 1. The Labute approximate surface area is 197 Å². The Bertz CT molecular complexity index is 1110. The zero-order valence-electron chi connectivity index (χ0n) is 19.5. The molecule has 0 saturated carbocycles. The second kappa shape index (κ2) is 10.9. The Kier molecular flexibility index (Phi) is 8.17. The van der Waals surface area contributed by atoms with E-state index >= 15 is 0 Å². The molecule has 0 aliphatic heterocycles. The van der Waals surface area contributed by atoms with Gasteiger partial charge >= 0.3 is 6.18 Å². The van der Waals surface area contributed by atoms with Crippen LogP contribution in [0.1, 0.15) is 28.1 Å². The van der Waals surface area contributed by atoms with Crippen molar-refractivity contribution in [2.24, 2.45) is 0 Å². The van der Waals surface area contributed by atoms with Gasteiger partial charge in [0.15, 0.2) is 5.76 Å². The number of aryl methyl sites for hydroxylation is 1. The van der Waals surface area contributed by atoms with Crippen molar-refractivity contribution >= 4 is 12.2 Å². The fourth-order valence-electron chi connectivity index (χ4n) is 3.62. The number of likely N-dealkylation sites (N-methyl/N-ethyl adjacent to an activating group) is 1. The van der Waals surface area contributed by atoms with Gasteiger partial charge in [-0.1, -0.05) is 41.6 Å². The van der Waals surface area contributed by atoms with Crippen LogP contribution in [0.3, 0.4) is 0 Å². The molecular weight excluding hydrogens is 445 g/mol. The van der Waals surface area contributed by atoms with Crippen LogP contribution < -0.4 is 4.74 Å². The van der Waals surface area contributed by atoms with Crippen molar-refractivity contribution < 1.29 is 32.0 Å². The molecular formula is C26H30F3N2O3+. The summed E-state index contributed by atoms with van der Waals surface area (Å²) in [4.78, 5) is 0. The maximum atomic E-state index is 12.9. The summed E-state index contributed by atoms with van der Waals surface area (Å²) in [6, 6.07) is 14.7. The van der Waals surface area contributed by atoms with Gasteiger partial charge in [-0.3, -0.25) is 0 Å². The fourth-order valence-corrected chi connectivity index (χ4v) is 3.62. The van der Waals surface area contributed by atoms with E-state index in [-0.39, 0.29) is 6.61 Å². The summed E-state index contributed by atoms with van der Waals surface area (Å²) in [6.45, 7) is 2.92. The minimum absolute atomic E-state index is 0.0947. The lowest BCUT2D eigenvalue weighted by Crippen LogP contribution is -2.48. The highest BCUT2D eigenvalue weighted by atomic mass is 19.4. The Morgan fingerprint density at radius 3 is 2.56 bits per heavy atom. The predicted molar refractivity (Wildman–Crippen MR) is 125 cm³/mol. The van der Waals surface area contributed by atoms with E-state index in [0.29, 0.717) is 41.1 Å². The summed E-state index contributed by atoms with van der Waals surface area (Å²) in [7, 11) is 3.87. The summed E-state index contributed by atoms with van der Waals surface area (Å²) in [5.74, 6) is 1.26. The maximum Gasteiger partial charge on any atom is 0.416 e. The number of para-hydroxylation sites is 1. The Balaban J connectivity index is 1.53. The molecule has 0 amide bonds. The highest BCUT2D eigenvalue weighted by Crippen LogP contribution is 2.29. The fraction of sp³-hybridized carbons (Fsp3) is 0.346. The third kappa shape index (κ3) is 7.74. The van der Waals surface area contributed by atoms with Crippen molar-refractivity contribution in [1.29, 1.82) is 0 Å². The third-order valence-corrected chi connectivity index (χ3v) is 5.39. The second-order valence-electron chi connectivity index (χ2n) is 9.00. The summed E-state index contributed by atoms with van der Waals surface area (Å²) >= 11 is 0. The van der Waals surface area contributed by atoms with Crippen LogP contribution in [0.4, 0.5) is 13.2 Å². The van der Waals surface area contributed by atoms with Crippen molar-refractivity contribution in [2.75, 3.05) is 33.8 Å². The van der Waals surface area contributed by atoms with Crippen molar-refractivity contribution in [3.63, 3.8) is 0 Å². The van der Waals surface area contributed by atoms with E-state index in [4.69, 9.17) is 9.26 Å². The average Bonchev–Trinajstić information content (AvgIpc) is 3.20. The van der Waals surface area contributed by atoms with E-state index < -0.39 is 17.8 Å². The predicted octanol–water partition coefficient (Wildman–Crippen LogP) is 5.23. The average molecular weight is 476 g/mol. The largest absolute Gasteiger partial charge is 0.490 e. The molecule has 0 fully saturated rings. The zero-order valence-corrected chi connectivity index (χ0v) is 19.5. The minimum Gasteiger partial charge on any atom is -0.490 e. The van der Waals surface area contributed by atoms with Gasteiger partial charge in [-0.15, -0.1) is 0 Å². The van der Waals surface area contributed by atoms with Gasteiger partial charge in [-0.25, -0.2) is 0 Å². The van der Waals surface area contributed by atoms with Gasteiger partial charge < -0.3 is 18.8 Å². The molecule has 1 aromatic heterocycles. The molecule has 0 bridgehead atoms. The van der Waals surface area contributed by atoms with Crippen LogP contribution in [0.2, 0.25) is 0 Å². The van der Waals surface area contributed by atoms with Crippen LogP contribution in [-0.4, -0.2) is 54.6 Å². The van der Waals surface area contributed by atoms with E-state index in [0.717, 1.165) is 17.3 Å². The molecule has 34 heavy (non-hydrogen) atoms. The smallest absolute Gasteiger partial charge is 0.416 e. The first kappa shape index (κ1) is 25.5.